The molecule has 0 atom stereocenters. The average Bonchev–Trinajstić information content (AvgIpc) is 3.18. The fourth-order valence-corrected chi connectivity index (χ4v) is 3.79. The topological polar surface area (TPSA) is 72.8 Å². The maximum Gasteiger partial charge on any atom is 0.343 e. The number of para-hydroxylation sites is 1. The molecule has 0 aliphatic carbocycles. The van der Waals surface area contributed by atoms with E-state index in [2.05, 4.69) is 15.5 Å². The van der Waals surface area contributed by atoms with Gasteiger partial charge in [-0.2, -0.15) is 5.10 Å². The number of carbonyl (C=O) groups excluding carboxylic acids is 1. The predicted molar refractivity (Wildman–Crippen MR) is 125 cm³/mol. The van der Waals surface area contributed by atoms with Crippen molar-refractivity contribution in [2.45, 2.75) is 13.8 Å². The number of esters is 1. The van der Waals surface area contributed by atoms with Crippen molar-refractivity contribution in [3.8, 4) is 11.5 Å². The summed E-state index contributed by atoms with van der Waals surface area (Å²) in [5, 5.41) is 4.98. The number of anilines is 1. The van der Waals surface area contributed by atoms with Crippen molar-refractivity contribution in [3.05, 3.63) is 83.4 Å². The van der Waals surface area contributed by atoms with E-state index < -0.39 is 5.97 Å². The molecule has 0 fully saturated rings. The molecule has 6 nitrogen and oxygen atoms in total. The Morgan fingerprint density at radius 2 is 1.97 bits per heavy atom. The molecule has 0 saturated carbocycles. The molecule has 1 aromatic heterocycles. The summed E-state index contributed by atoms with van der Waals surface area (Å²) < 4.78 is 12.3. The standard InChI is InChI=1S/C24H21N3O3S/c1-3-29-21-14-17(15-25-27-24-26-19-9-4-5-10-22(19)31-24)11-12-20(21)30-23(28)18-8-6-7-16(2)13-18/h4-15H,3H2,1-2H3,(H,26,27)/b25-15-. The molecule has 0 aliphatic heterocycles. The van der Waals surface area contributed by atoms with Gasteiger partial charge in [0.1, 0.15) is 0 Å². The molecule has 0 amide bonds. The van der Waals surface area contributed by atoms with Crippen LogP contribution in [0.15, 0.2) is 71.8 Å². The van der Waals surface area contributed by atoms with Crippen LogP contribution in [-0.2, 0) is 0 Å². The molecule has 1 N–H and O–H groups in total. The minimum atomic E-state index is -0.427. The molecule has 3 aromatic carbocycles. The Balaban J connectivity index is 1.48. The highest BCUT2D eigenvalue weighted by Gasteiger charge is 2.13. The number of rotatable bonds is 7. The largest absolute Gasteiger partial charge is 0.490 e. The van der Waals surface area contributed by atoms with Gasteiger partial charge in [0.2, 0.25) is 5.13 Å². The van der Waals surface area contributed by atoms with Crippen LogP contribution in [0.25, 0.3) is 10.2 Å². The summed E-state index contributed by atoms with van der Waals surface area (Å²) in [6.45, 7) is 4.25. The smallest absolute Gasteiger partial charge is 0.343 e. The molecule has 0 unspecified atom stereocenters. The molecule has 0 bridgehead atoms. The Hall–Kier alpha value is -3.71. The molecule has 7 heteroatoms. The van der Waals surface area contributed by atoms with E-state index in [9.17, 15) is 4.79 Å². The van der Waals surface area contributed by atoms with E-state index in [1.807, 2.05) is 56.3 Å². The Bertz CT molecular complexity index is 1220. The number of nitrogens with zero attached hydrogens (tertiary/aromatic N) is 2. The molecular formula is C24H21N3O3S. The SMILES string of the molecule is CCOc1cc(/C=N\Nc2nc3ccccc3s2)ccc1OC(=O)c1cccc(C)c1. The lowest BCUT2D eigenvalue weighted by atomic mass is 10.1. The summed E-state index contributed by atoms with van der Waals surface area (Å²) in [6.07, 6.45) is 1.67. The van der Waals surface area contributed by atoms with Crippen LogP contribution < -0.4 is 14.9 Å². The lowest BCUT2D eigenvalue weighted by Gasteiger charge is -2.11. The highest BCUT2D eigenvalue weighted by Crippen LogP contribution is 2.29. The van der Waals surface area contributed by atoms with Crippen molar-refractivity contribution in [2.24, 2.45) is 5.10 Å². The number of carbonyl (C=O) groups is 1. The van der Waals surface area contributed by atoms with Gasteiger partial charge in [0.05, 0.1) is 28.6 Å². The number of benzene rings is 3. The molecular weight excluding hydrogens is 410 g/mol. The van der Waals surface area contributed by atoms with Gasteiger partial charge < -0.3 is 9.47 Å². The van der Waals surface area contributed by atoms with Crippen molar-refractivity contribution < 1.29 is 14.3 Å². The van der Waals surface area contributed by atoms with Crippen LogP contribution in [0.2, 0.25) is 0 Å². The lowest BCUT2D eigenvalue weighted by Crippen LogP contribution is -2.10. The summed E-state index contributed by atoms with van der Waals surface area (Å²) in [4.78, 5) is 17.0. The van der Waals surface area contributed by atoms with E-state index in [4.69, 9.17) is 9.47 Å². The van der Waals surface area contributed by atoms with Gasteiger partial charge in [-0.3, -0.25) is 5.43 Å². The second-order valence-corrected chi connectivity index (χ2v) is 7.79. The zero-order valence-corrected chi connectivity index (χ0v) is 18.0. The van der Waals surface area contributed by atoms with Crippen LogP contribution in [0, 0.1) is 6.92 Å². The first-order chi connectivity index (χ1) is 15.1. The van der Waals surface area contributed by atoms with E-state index in [0.717, 1.165) is 21.3 Å². The molecule has 0 saturated heterocycles. The Labute approximate surface area is 184 Å². The number of thiazole rings is 1. The Morgan fingerprint density at radius 1 is 1.10 bits per heavy atom. The first-order valence-electron chi connectivity index (χ1n) is 9.82. The van der Waals surface area contributed by atoms with Crippen LogP contribution in [-0.4, -0.2) is 23.8 Å². The third-order valence-electron chi connectivity index (χ3n) is 4.39. The number of hydrogen-bond acceptors (Lipinski definition) is 7. The number of hydrazone groups is 1. The molecule has 4 aromatic rings. The van der Waals surface area contributed by atoms with Crippen LogP contribution in [0.5, 0.6) is 11.5 Å². The molecule has 0 aliphatic rings. The van der Waals surface area contributed by atoms with E-state index in [1.165, 1.54) is 11.3 Å². The number of aromatic nitrogens is 1. The Morgan fingerprint density at radius 3 is 2.77 bits per heavy atom. The number of hydrogen-bond donors (Lipinski definition) is 1. The molecule has 0 radical (unpaired) electrons. The first-order valence-corrected chi connectivity index (χ1v) is 10.6. The maximum atomic E-state index is 12.5. The summed E-state index contributed by atoms with van der Waals surface area (Å²) in [6, 6.07) is 20.5. The van der Waals surface area contributed by atoms with Crippen molar-refractivity contribution in [1.82, 2.24) is 4.98 Å². The number of fused-ring (bicyclic) bond motifs is 1. The van der Waals surface area contributed by atoms with Gasteiger partial charge in [-0.15, -0.1) is 0 Å². The van der Waals surface area contributed by atoms with E-state index >= 15 is 0 Å². The van der Waals surface area contributed by atoms with Crippen LogP contribution >= 0.6 is 11.3 Å². The molecule has 0 spiro atoms. The fourth-order valence-electron chi connectivity index (χ4n) is 2.97. The monoisotopic (exact) mass is 431 g/mol. The maximum absolute atomic E-state index is 12.5. The zero-order valence-electron chi connectivity index (χ0n) is 17.2. The van der Waals surface area contributed by atoms with Gasteiger partial charge in [-0.05, 0) is 61.9 Å². The number of ether oxygens (including phenoxy) is 2. The minimum Gasteiger partial charge on any atom is -0.490 e. The predicted octanol–water partition coefficient (Wildman–Crippen LogP) is 5.67. The minimum absolute atomic E-state index is 0.365. The third-order valence-corrected chi connectivity index (χ3v) is 5.33. The van der Waals surface area contributed by atoms with Gasteiger partial charge >= 0.3 is 5.97 Å². The van der Waals surface area contributed by atoms with Crippen LogP contribution in [0.4, 0.5) is 5.13 Å². The van der Waals surface area contributed by atoms with Gasteiger partial charge in [-0.1, -0.05) is 41.2 Å². The van der Waals surface area contributed by atoms with Gasteiger partial charge in [-0.25, -0.2) is 9.78 Å². The summed E-state index contributed by atoms with van der Waals surface area (Å²) in [5.74, 6) is 0.417. The summed E-state index contributed by atoms with van der Waals surface area (Å²) in [5.41, 5.74) is 6.18. The van der Waals surface area contributed by atoms with E-state index in [1.54, 1.807) is 30.5 Å². The second-order valence-electron chi connectivity index (χ2n) is 6.75. The van der Waals surface area contributed by atoms with Crippen molar-refractivity contribution in [2.75, 3.05) is 12.0 Å². The van der Waals surface area contributed by atoms with Gasteiger partial charge in [0.25, 0.3) is 0 Å². The number of aryl methyl sites for hydroxylation is 1. The normalized spacial score (nSPS) is 11.0. The zero-order chi connectivity index (χ0) is 21.6. The van der Waals surface area contributed by atoms with Crippen LogP contribution in [0.1, 0.15) is 28.4 Å². The van der Waals surface area contributed by atoms with Crippen LogP contribution in [0.3, 0.4) is 0 Å². The number of nitrogens with one attached hydrogen (secondary N) is 1. The van der Waals surface area contributed by atoms with Gasteiger partial charge in [0, 0.05) is 0 Å². The van der Waals surface area contributed by atoms with Crippen molar-refractivity contribution >= 4 is 38.9 Å². The van der Waals surface area contributed by atoms with Crippen molar-refractivity contribution in [3.63, 3.8) is 0 Å². The van der Waals surface area contributed by atoms with E-state index in [0.29, 0.717) is 28.8 Å². The first kappa shape index (κ1) is 20.6. The van der Waals surface area contributed by atoms with Gasteiger partial charge in [0.15, 0.2) is 11.5 Å². The highest BCUT2D eigenvalue weighted by atomic mass is 32.1. The van der Waals surface area contributed by atoms with E-state index in [-0.39, 0.29) is 0 Å². The molecule has 4 rings (SSSR count). The second kappa shape index (κ2) is 9.40. The Kier molecular flexibility index (Phi) is 6.24. The average molecular weight is 432 g/mol. The molecule has 1 heterocycles. The molecule has 156 valence electrons. The fraction of sp³-hybridized carbons (Fsp3) is 0.125. The third kappa shape index (κ3) is 5.07. The molecule has 31 heavy (non-hydrogen) atoms. The quantitative estimate of drug-likeness (QED) is 0.177. The van der Waals surface area contributed by atoms with Crippen molar-refractivity contribution in [1.29, 1.82) is 0 Å². The summed E-state index contributed by atoms with van der Waals surface area (Å²) >= 11 is 1.53. The lowest BCUT2D eigenvalue weighted by molar-refractivity contribution is 0.0728. The highest BCUT2D eigenvalue weighted by molar-refractivity contribution is 7.22. The summed E-state index contributed by atoms with van der Waals surface area (Å²) in [7, 11) is 0.